The predicted molar refractivity (Wildman–Crippen MR) is 101 cm³/mol. The van der Waals surface area contributed by atoms with Crippen LogP contribution >= 0.6 is 15.9 Å². The van der Waals surface area contributed by atoms with Gasteiger partial charge in [-0.25, -0.2) is 0 Å². The van der Waals surface area contributed by atoms with Crippen molar-refractivity contribution in [3.05, 3.63) is 100 Å². The number of rotatable bonds is 3. The molecule has 0 saturated heterocycles. The zero-order valence-corrected chi connectivity index (χ0v) is 14.5. The number of aromatic amines is 1. The van der Waals surface area contributed by atoms with Gasteiger partial charge in [-0.05, 0) is 35.4 Å². The molecule has 1 heterocycles. The molecule has 4 aromatic rings. The summed E-state index contributed by atoms with van der Waals surface area (Å²) < 4.78 is 1.04. The molecule has 0 aliphatic heterocycles. The Morgan fingerprint density at radius 2 is 1.50 bits per heavy atom. The van der Waals surface area contributed by atoms with Crippen LogP contribution in [-0.2, 0) is 0 Å². The van der Waals surface area contributed by atoms with Crippen LogP contribution in [-0.4, -0.2) is 10.1 Å². The van der Waals surface area contributed by atoms with Crippen molar-refractivity contribution in [3.63, 3.8) is 0 Å². The summed E-state index contributed by atoms with van der Waals surface area (Å²) in [6, 6.07) is 24.1. The number of fused-ring (bicyclic) bond motifs is 1. The van der Waals surface area contributed by atoms with Gasteiger partial charge in [0, 0.05) is 33.1 Å². The monoisotopic (exact) mass is 377 g/mol. The van der Waals surface area contributed by atoms with Gasteiger partial charge in [0.1, 0.15) is 5.75 Å². The molecule has 3 aromatic carbocycles. The highest BCUT2D eigenvalue weighted by Crippen LogP contribution is 2.39. The number of phenolic OH excluding ortho intramolecular Hbond substituents is 1. The van der Waals surface area contributed by atoms with Gasteiger partial charge >= 0.3 is 0 Å². The van der Waals surface area contributed by atoms with Gasteiger partial charge in [-0.15, -0.1) is 0 Å². The van der Waals surface area contributed by atoms with Crippen molar-refractivity contribution < 1.29 is 5.11 Å². The van der Waals surface area contributed by atoms with E-state index in [9.17, 15) is 5.11 Å². The summed E-state index contributed by atoms with van der Waals surface area (Å²) in [6.45, 7) is 0. The summed E-state index contributed by atoms with van der Waals surface area (Å²) in [5.41, 5.74) is 4.31. The number of nitrogens with one attached hydrogen (secondary N) is 1. The molecular weight excluding hydrogens is 362 g/mol. The average molecular weight is 378 g/mol. The SMILES string of the molecule is Oc1ccccc1C(c1ccc(Br)cc1)c1c[nH]c2ccccc12. The molecule has 0 radical (unpaired) electrons. The molecule has 0 aliphatic carbocycles. The molecule has 0 saturated carbocycles. The van der Waals surface area contributed by atoms with Crippen LogP contribution in [0.15, 0.2) is 83.5 Å². The van der Waals surface area contributed by atoms with Crippen LogP contribution in [0.3, 0.4) is 0 Å². The molecule has 0 amide bonds. The summed E-state index contributed by atoms with van der Waals surface area (Å²) in [7, 11) is 0. The molecule has 1 unspecified atom stereocenters. The fourth-order valence-electron chi connectivity index (χ4n) is 3.25. The smallest absolute Gasteiger partial charge is 0.119 e. The fourth-order valence-corrected chi connectivity index (χ4v) is 3.51. The third-order valence-electron chi connectivity index (χ3n) is 4.38. The number of aromatic hydroxyl groups is 1. The van der Waals surface area contributed by atoms with Crippen molar-refractivity contribution in [2.45, 2.75) is 5.92 Å². The second-order valence-corrected chi connectivity index (χ2v) is 6.75. The van der Waals surface area contributed by atoms with E-state index in [1.54, 1.807) is 6.07 Å². The summed E-state index contributed by atoms with van der Waals surface area (Å²) in [6.07, 6.45) is 2.05. The Labute approximate surface area is 148 Å². The molecule has 3 heteroatoms. The number of benzene rings is 3. The van der Waals surface area contributed by atoms with Crippen molar-refractivity contribution in [2.24, 2.45) is 0 Å². The highest BCUT2D eigenvalue weighted by molar-refractivity contribution is 9.10. The summed E-state index contributed by atoms with van der Waals surface area (Å²) in [5.74, 6) is 0.283. The van der Waals surface area contributed by atoms with E-state index in [0.29, 0.717) is 5.75 Å². The molecule has 4 rings (SSSR count). The lowest BCUT2D eigenvalue weighted by Gasteiger charge is -2.19. The summed E-state index contributed by atoms with van der Waals surface area (Å²) >= 11 is 3.50. The van der Waals surface area contributed by atoms with Crippen LogP contribution < -0.4 is 0 Å². The number of halogens is 1. The van der Waals surface area contributed by atoms with E-state index < -0.39 is 0 Å². The molecule has 0 aliphatic rings. The topological polar surface area (TPSA) is 36.0 Å². The molecule has 0 bridgehead atoms. The fraction of sp³-hybridized carbons (Fsp3) is 0.0476. The van der Waals surface area contributed by atoms with E-state index in [1.807, 2.05) is 48.7 Å². The molecule has 2 nitrogen and oxygen atoms in total. The molecule has 24 heavy (non-hydrogen) atoms. The zero-order chi connectivity index (χ0) is 16.5. The van der Waals surface area contributed by atoms with Gasteiger partial charge in [0.15, 0.2) is 0 Å². The third-order valence-corrected chi connectivity index (χ3v) is 4.91. The van der Waals surface area contributed by atoms with E-state index in [2.05, 4.69) is 45.2 Å². The van der Waals surface area contributed by atoms with Crippen LogP contribution in [0, 0.1) is 0 Å². The molecule has 118 valence electrons. The molecule has 0 spiro atoms. The van der Waals surface area contributed by atoms with Crippen molar-refractivity contribution in [3.8, 4) is 5.75 Å². The van der Waals surface area contributed by atoms with Gasteiger partial charge in [-0.1, -0.05) is 64.5 Å². The quantitative estimate of drug-likeness (QED) is 0.463. The van der Waals surface area contributed by atoms with Crippen LogP contribution in [0.1, 0.15) is 22.6 Å². The number of aromatic nitrogens is 1. The predicted octanol–water partition coefficient (Wildman–Crippen LogP) is 5.82. The largest absolute Gasteiger partial charge is 0.508 e. The molecule has 1 atom stereocenters. The summed E-state index contributed by atoms with van der Waals surface area (Å²) in [5, 5.41) is 11.6. The highest BCUT2D eigenvalue weighted by atomic mass is 79.9. The van der Waals surface area contributed by atoms with Gasteiger partial charge in [0.2, 0.25) is 0 Å². The lowest BCUT2D eigenvalue weighted by molar-refractivity contribution is 0.467. The standard InChI is InChI=1S/C21H16BrNO/c22-15-11-9-14(10-12-15)21(17-6-2-4-8-20(17)24)18-13-23-19-7-3-1-5-16(18)19/h1-13,21,23-24H. The number of H-pyrrole nitrogens is 1. The van der Waals surface area contributed by atoms with Crippen LogP contribution in [0.4, 0.5) is 0 Å². The van der Waals surface area contributed by atoms with Crippen molar-refractivity contribution in [1.29, 1.82) is 0 Å². The van der Waals surface area contributed by atoms with Gasteiger partial charge < -0.3 is 10.1 Å². The van der Waals surface area contributed by atoms with E-state index in [4.69, 9.17) is 0 Å². The minimum atomic E-state index is -0.0320. The van der Waals surface area contributed by atoms with E-state index in [-0.39, 0.29) is 5.92 Å². The Morgan fingerprint density at radius 3 is 2.29 bits per heavy atom. The Bertz CT molecular complexity index is 988. The second-order valence-electron chi connectivity index (χ2n) is 5.83. The van der Waals surface area contributed by atoms with Crippen LogP contribution in [0.25, 0.3) is 10.9 Å². The van der Waals surface area contributed by atoms with Crippen LogP contribution in [0.5, 0.6) is 5.75 Å². The summed E-state index contributed by atoms with van der Waals surface area (Å²) in [4.78, 5) is 3.35. The van der Waals surface area contributed by atoms with Crippen LogP contribution in [0.2, 0.25) is 0 Å². The first-order valence-corrected chi connectivity index (χ1v) is 8.63. The molecule has 2 N–H and O–H groups in total. The van der Waals surface area contributed by atoms with E-state index in [0.717, 1.165) is 26.7 Å². The van der Waals surface area contributed by atoms with Gasteiger partial charge in [0.25, 0.3) is 0 Å². The van der Waals surface area contributed by atoms with Gasteiger partial charge in [-0.3, -0.25) is 0 Å². The zero-order valence-electron chi connectivity index (χ0n) is 12.9. The third kappa shape index (κ3) is 2.61. The maximum atomic E-state index is 10.4. The van der Waals surface area contributed by atoms with Crippen molar-refractivity contribution >= 4 is 26.8 Å². The number of phenols is 1. The first-order chi connectivity index (χ1) is 11.7. The number of hydrogen-bond acceptors (Lipinski definition) is 1. The lowest BCUT2D eigenvalue weighted by atomic mass is 9.84. The number of hydrogen-bond donors (Lipinski definition) is 2. The van der Waals surface area contributed by atoms with E-state index in [1.165, 1.54) is 5.39 Å². The van der Waals surface area contributed by atoms with Crippen molar-refractivity contribution in [2.75, 3.05) is 0 Å². The Morgan fingerprint density at radius 1 is 0.792 bits per heavy atom. The number of para-hydroxylation sites is 2. The van der Waals surface area contributed by atoms with Gasteiger partial charge in [0.05, 0.1) is 0 Å². The molecule has 0 fully saturated rings. The minimum absolute atomic E-state index is 0.0320. The van der Waals surface area contributed by atoms with Gasteiger partial charge in [-0.2, -0.15) is 0 Å². The Balaban J connectivity index is 1.97. The van der Waals surface area contributed by atoms with E-state index >= 15 is 0 Å². The second kappa shape index (κ2) is 6.17. The lowest BCUT2D eigenvalue weighted by Crippen LogP contribution is -2.03. The molecular formula is C21H16BrNO. The average Bonchev–Trinajstić information content (AvgIpc) is 3.02. The Kier molecular flexibility index (Phi) is 3.87. The first kappa shape index (κ1) is 15.0. The molecule has 1 aromatic heterocycles. The van der Waals surface area contributed by atoms with Crippen molar-refractivity contribution in [1.82, 2.24) is 4.98 Å². The minimum Gasteiger partial charge on any atom is -0.508 e. The first-order valence-electron chi connectivity index (χ1n) is 7.83. The highest BCUT2D eigenvalue weighted by Gasteiger charge is 2.22. The maximum Gasteiger partial charge on any atom is 0.119 e. The maximum absolute atomic E-state index is 10.4. The Hall–Kier alpha value is -2.52. The normalized spacial score (nSPS) is 12.4.